The van der Waals surface area contributed by atoms with Crippen LogP contribution < -0.4 is 5.73 Å². The van der Waals surface area contributed by atoms with E-state index in [1.807, 2.05) is 0 Å². The second kappa shape index (κ2) is 13.9. The summed E-state index contributed by atoms with van der Waals surface area (Å²) in [6, 6.07) is 0. The first kappa shape index (κ1) is 29.4. The van der Waals surface area contributed by atoms with Crippen LogP contribution in [0.1, 0.15) is 38.5 Å². The van der Waals surface area contributed by atoms with E-state index >= 15 is 0 Å². The summed E-state index contributed by atoms with van der Waals surface area (Å²) in [6.45, 7) is -3.46. The number of hydrogen-bond donors (Lipinski definition) is 6. The Morgan fingerprint density at radius 3 is 1.71 bits per heavy atom. The fraction of sp³-hybridized carbons (Fsp3) is 0.700. The molecule has 0 aliphatic heterocycles. The van der Waals surface area contributed by atoms with E-state index in [9.17, 15) is 29.4 Å². The van der Waals surface area contributed by atoms with Gasteiger partial charge in [-0.15, -0.1) is 0 Å². The first-order chi connectivity index (χ1) is 16.0. The summed E-state index contributed by atoms with van der Waals surface area (Å²) in [5.41, 5.74) is 5.19. The van der Waals surface area contributed by atoms with Gasteiger partial charge in [-0.1, -0.05) is 0 Å². The number of ether oxygens (including phenoxy) is 4. The van der Waals surface area contributed by atoms with Crippen LogP contribution in [0.4, 0.5) is 0 Å². The molecule has 0 aromatic rings. The fourth-order valence-corrected chi connectivity index (χ4v) is 2.79. The molecule has 194 valence electrons. The van der Waals surface area contributed by atoms with Gasteiger partial charge < -0.3 is 50.2 Å². The second-order valence-corrected chi connectivity index (χ2v) is 7.62. The molecule has 0 spiro atoms. The molecule has 0 aromatic carbocycles. The van der Waals surface area contributed by atoms with Crippen LogP contribution in [0, 0.1) is 0 Å². The Morgan fingerprint density at radius 2 is 1.21 bits per heavy atom. The molecule has 14 heteroatoms. The van der Waals surface area contributed by atoms with E-state index in [1.54, 1.807) is 0 Å². The van der Waals surface area contributed by atoms with Crippen molar-refractivity contribution in [2.24, 2.45) is 5.73 Å². The largest absolute Gasteiger partial charge is 0.462 e. The molecule has 1 rings (SSSR count). The lowest BCUT2D eigenvalue weighted by Crippen LogP contribution is -2.45. The van der Waals surface area contributed by atoms with Crippen molar-refractivity contribution < 1.29 is 63.7 Å². The van der Waals surface area contributed by atoms with Crippen molar-refractivity contribution in [1.29, 1.82) is 0 Å². The highest BCUT2D eigenvalue weighted by atomic mass is 16.7. The molecular weight excluding hydrogens is 462 g/mol. The molecule has 7 N–H and O–H groups in total. The molecule has 0 saturated heterocycles. The number of hydrogen-bond acceptors (Lipinski definition) is 14. The van der Waals surface area contributed by atoms with E-state index in [2.05, 4.69) is 9.47 Å². The van der Waals surface area contributed by atoms with Crippen LogP contribution in [0.2, 0.25) is 0 Å². The van der Waals surface area contributed by atoms with Crippen molar-refractivity contribution in [3.05, 3.63) is 12.2 Å². The zero-order chi connectivity index (χ0) is 25.8. The first-order valence-electron chi connectivity index (χ1n) is 10.5. The van der Waals surface area contributed by atoms with Gasteiger partial charge >= 0.3 is 23.9 Å². The van der Waals surface area contributed by atoms with Crippen molar-refractivity contribution in [2.45, 2.75) is 62.3 Å². The van der Waals surface area contributed by atoms with E-state index in [4.69, 9.17) is 30.5 Å². The van der Waals surface area contributed by atoms with E-state index in [0.29, 0.717) is 31.8 Å². The SMILES string of the molecule is NCC(O)(CO)OC(=O)CCC(=O)OC1CCC(OC(=O)/C=C/C(=O)OC(O)(CO)CO)CC1. The van der Waals surface area contributed by atoms with Crippen molar-refractivity contribution in [2.75, 3.05) is 26.4 Å². The summed E-state index contributed by atoms with van der Waals surface area (Å²) in [6.07, 6.45) is 1.34. The first-order valence-corrected chi connectivity index (χ1v) is 10.5. The van der Waals surface area contributed by atoms with Crippen LogP contribution in [0.25, 0.3) is 0 Å². The second-order valence-electron chi connectivity index (χ2n) is 7.62. The van der Waals surface area contributed by atoms with Gasteiger partial charge in [0.1, 0.15) is 32.0 Å². The summed E-state index contributed by atoms with van der Waals surface area (Å²) in [5, 5.41) is 45.7. The van der Waals surface area contributed by atoms with Gasteiger partial charge in [-0.2, -0.15) is 0 Å². The lowest BCUT2D eigenvalue weighted by atomic mass is 9.95. The van der Waals surface area contributed by atoms with Crippen molar-refractivity contribution in [1.82, 2.24) is 0 Å². The zero-order valence-corrected chi connectivity index (χ0v) is 18.5. The van der Waals surface area contributed by atoms with Gasteiger partial charge in [0, 0.05) is 12.2 Å². The number of aliphatic hydroxyl groups excluding tert-OH is 3. The normalized spacial score (nSPS) is 20.3. The molecule has 0 bridgehead atoms. The van der Waals surface area contributed by atoms with Crippen LogP contribution in [-0.4, -0.2) is 99.6 Å². The molecule has 34 heavy (non-hydrogen) atoms. The maximum absolute atomic E-state index is 11.9. The number of esters is 4. The van der Waals surface area contributed by atoms with E-state index in [-0.39, 0.29) is 12.8 Å². The summed E-state index contributed by atoms with van der Waals surface area (Å²) >= 11 is 0. The number of aliphatic hydroxyl groups is 5. The zero-order valence-electron chi connectivity index (χ0n) is 18.5. The van der Waals surface area contributed by atoms with E-state index in [0.717, 1.165) is 6.08 Å². The minimum atomic E-state index is -2.46. The molecular formula is C20H31NO13. The smallest absolute Gasteiger partial charge is 0.333 e. The molecule has 0 amide bonds. The Bertz CT molecular complexity index is 722. The van der Waals surface area contributed by atoms with Crippen LogP contribution >= 0.6 is 0 Å². The predicted molar refractivity (Wildman–Crippen MR) is 109 cm³/mol. The maximum atomic E-state index is 11.9. The van der Waals surface area contributed by atoms with Crippen molar-refractivity contribution in [3.63, 3.8) is 0 Å². The standard InChI is InChI=1S/C20H31NO13/c21-9-19(29,10-22)33-17(27)7-5-15(25)31-13-1-3-14(4-2-13)32-16(26)6-8-18(28)34-20(30,11-23)12-24/h6,8,13-14,22-24,29-30H,1-5,7,9-12,21H2/b8-6+. The van der Waals surface area contributed by atoms with Crippen molar-refractivity contribution in [3.8, 4) is 0 Å². The van der Waals surface area contributed by atoms with Crippen molar-refractivity contribution >= 4 is 23.9 Å². The molecule has 1 atom stereocenters. The average Bonchev–Trinajstić information content (AvgIpc) is 2.82. The minimum Gasteiger partial charge on any atom is -0.462 e. The highest BCUT2D eigenvalue weighted by Gasteiger charge is 2.31. The Kier molecular flexibility index (Phi) is 12.1. The third-order valence-corrected chi connectivity index (χ3v) is 4.75. The van der Waals surface area contributed by atoms with Gasteiger partial charge in [0.05, 0.1) is 19.4 Å². The monoisotopic (exact) mass is 493 g/mol. The summed E-state index contributed by atoms with van der Waals surface area (Å²) < 4.78 is 19.5. The molecule has 1 aliphatic rings. The molecule has 14 nitrogen and oxygen atoms in total. The van der Waals surface area contributed by atoms with Gasteiger partial charge in [-0.05, 0) is 25.7 Å². The maximum Gasteiger partial charge on any atom is 0.333 e. The van der Waals surface area contributed by atoms with Gasteiger partial charge in [-0.25, -0.2) is 9.59 Å². The minimum absolute atomic E-state index is 0.303. The van der Waals surface area contributed by atoms with Gasteiger partial charge in [0.15, 0.2) is 0 Å². The number of nitrogens with two attached hydrogens (primary N) is 1. The lowest BCUT2D eigenvalue weighted by molar-refractivity contribution is -0.232. The Balaban J connectivity index is 2.32. The molecule has 1 unspecified atom stereocenters. The summed E-state index contributed by atoms with van der Waals surface area (Å²) in [4.78, 5) is 46.9. The average molecular weight is 493 g/mol. The Labute approximate surface area is 194 Å². The van der Waals surface area contributed by atoms with E-state index in [1.165, 1.54) is 0 Å². The van der Waals surface area contributed by atoms with Crippen LogP contribution in [0.3, 0.4) is 0 Å². The third kappa shape index (κ3) is 10.5. The van der Waals surface area contributed by atoms with Crippen LogP contribution in [-0.2, 0) is 38.1 Å². The molecule has 0 heterocycles. The van der Waals surface area contributed by atoms with Crippen LogP contribution in [0.15, 0.2) is 12.2 Å². The quantitative estimate of drug-likeness (QED) is 0.0655. The fourth-order valence-electron chi connectivity index (χ4n) is 2.79. The topological polar surface area (TPSA) is 232 Å². The Hall–Kier alpha value is -2.62. The number of carbonyl (C=O) groups excluding carboxylic acids is 4. The van der Waals surface area contributed by atoms with Gasteiger partial charge in [0.2, 0.25) is 5.79 Å². The predicted octanol–water partition coefficient (Wildman–Crippen LogP) is -2.88. The molecule has 1 fully saturated rings. The Morgan fingerprint density at radius 1 is 0.735 bits per heavy atom. The van der Waals surface area contributed by atoms with Gasteiger partial charge in [-0.3, -0.25) is 9.59 Å². The third-order valence-electron chi connectivity index (χ3n) is 4.75. The summed E-state index contributed by atoms with van der Waals surface area (Å²) in [5.74, 6) is -8.28. The summed E-state index contributed by atoms with van der Waals surface area (Å²) in [7, 11) is 0. The number of rotatable bonds is 13. The molecule has 1 aliphatic carbocycles. The number of carbonyl (C=O) groups is 4. The highest BCUT2D eigenvalue weighted by molar-refractivity contribution is 5.91. The lowest BCUT2D eigenvalue weighted by Gasteiger charge is -2.28. The van der Waals surface area contributed by atoms with E-state index < -0.39 is 74.0 Å². The molecule has 1 saturated carbocycles. The van der Waals surface area contributed by atoms with Gasteiger partial charge in [0.25, 0.3) is 5.79 Å². The van der Waals surface area contributed by atoms with Crippen LogP contribution in [0.5, 0.6) is 0 Å². The molecule has 0 aromatic heterocycles. The highest BCUT2D eigenvalue weighted by Crippen LogP contribution is 2.24. The molecule has 0 radical (unpaired) electrons.